The number of amides is 3. The standard InChI is InChI=1S/C22H18ClN3O3S/c23-13-7-9-17-18(11-13)30-22(24-17)25-19(27)12-6-8-15-16(10-12)21(29)26(20(15)28)14-4-2-1-3-5-14/h6-11,14H,1-5H2,(H,24,25,27). The number of hydrogen-bond acceptors (Lipinski definition) is 5. The van der Waals surface area contributed by atoms with Crippen molar-refractivity contribution in [3.63, 3.8) is 0 Å². The number of thiazole rings is 1. The summed E-state index contributed by atoms with van der Waals surface area (Å²) in [6, 6.07) is 9.96. The maximum atomic E-state index is 12.9. The third kappa shape index (κ3) is 3.28. The van der Waals surface area contributed by atoms with Crippen LogP contribution >= 0.6 is 22.9 Å². The summed E-state index contributed by atoms with van der Waals surface area (Å²) in [5.74, 6) is -0.928. The molecule has 1 aliphatic carbocycles. The van der Waals surface area contributed by atoms with Gasteiger partial charge in [-0.2, -0.15) is 0 Å². The zero-order chi connectivity index (χ0) is 20.8. The predicted molar refractivity (Wildman–Crippen MR) is 116 cm³/mol. The first kappa shape index (κ1) is 19.2. The third-order valence-corrected chi connectivity index (χ3v) is 6.86. The summed E-state index contributed by atoms with van der Waals surface area (Å²) in [4.78, 5) is 44.3. The molecule has 2 aliphatic rings. The van der Waals surface area contributed by atoms with Gasteiger partial charge in [-0.05, 0) is 49.2 Å². The third-order valence-electron chi connectivity index (χ3n) is 5.69. The summed E-state index contributed by atoms with van der Waals surface area (Å²) in [6.45, 7) is 0. The van der Waals surface area contributed by atoms with Crippen molar-refractivity contribution in [1.29, 1.82) is 0 Å². The maximum Gasteiger partial charge on any atom is 0.261 e. The van der Waals surface area contributed by atoms with E-state index < -0.39 is 0 Å². The van der Waals surface area contributed by atoms with E-state index in [4.69, 9.17) is 11.6 Å². The van der Waals surface area contributed by atoms with Crippen LogP contribution in [0.2, 0.25) is 5.02 Å². The van der Waals surface area contributed by atoms with Gasteiger partial charge in [0.05, 0.1) is 21.3 Å². The Morgan fingerprint density at radius 1 is 1.03 bits per heavy atom. The number of fused-ring (bicyclic) bond motifs is 2. The minimum absolute atomic E-state index is 0.0435. The summed E-state index contributed by atoms with van der Waals surface area (Å²) in [6.07, 6.45) is 4.89. The van der Waals surface area contributed by atoms with E-state index >= 15 is 0 Å². The number of carbonyl (C=O) groups excluding carboxylic acids is 3. The number of aromatic nitrogens is 1. The molecule has 1 N–H and O–H groups in total. The minimum atomic E-state index is -0.376. The fraction of sp³-hybridized carbons (Fsp3) is 0.273. The van der Waals surface area contributed by atoms with Crippen molar-refractivity contribution in [2.45, 2.75) is 38.1 Å². The molecule has 8 heteroatoms. The van der Waals surface area contributed by atoms with Crippen LogP contribution in [0.5, 0.6) is 0 Å². The average Bonchev–Trinajstić information content (AvgIpc) is 3.25. The highest BCUT2D eigenvalue weighted by molar-refractivity contribution is 7.22. The minimum Gasteiger partial charge on any atom is -0.298 e. The monoisotopic (exact) mass is 439 g/mol. The zero-order valence-electron chi connectivity index (χ0n) is 16.0. The van der Waals surface area contributed by atoms with E-state index in [1.165, 1.54) is 22.3 Å². The molecule has 1 aromatic heterocycles. The number of anilines is 1. The van der Waals surface area contributed by atoms with Gasteiger partial charge >= 0.3 is 0 Å². The second kappa shape index (κ2) is 7.49. The van der Waals surface area contributed by atoms with Crippen molar-refractivity contribution in [3.05, 3.63) is 58.1 Å². The summed E-state index contributed by atoms with van der Waals surface area (Å²) < 4.78 is 0.871. The van der Waals surface area contributed by atoms with Crippen molar-refractivity contribution < 1.29 is 14.4 Å². The Bertz CT molecular complexity index is 1200. The van der Waals surface area contributed by atoms with Crippen molar-refractivity contribution >= 4 is 56.0 Å². The summed E-state index contributed by atoms with van der Waals surface area (Å²) in [5.41, 5.74) is 1.74. The second-order valence-electron chi connectivity index (χ2n) is 7.62. The molecular formula is C22H18ClN3O3S. The highest BCUT2D eigenvalue weighted by atomic mass is 35.5. The largest absolute Gasteiger partial charge is 0.298 e. The topological polar surface area (TPSA) is 79.4 Å². The second-order valence-corrected chi connectivity index (χ2v) is 9.08. The first-order chi connectivity index (χ1) is 14.5. The van der Waals surface area contributed by atoms with Gasteiger partial charge in [-0.25, -0.2) is 4.98 Å². The molecule has 0 saturated heterocycles. The molecule has 2 aromatic carbocycles. The highest BCUT2D eigenvalue weighted by Gasteiger charge is 2.40. The number of hydrogen-bond donors (Lipinski definition) is 1. The van der Waals surface area contributed by atoms with Gasteiger partial charge in [0, 0.05) is 16.6 Å². The van der Waals surface area contributed by atoms with E-state index in [-0.39, 0.29) is 23.8 Å². The van der Waals surface area contributed by atoms with Gasteiger partial charge in [0.2, 0.25) is 0 Å². The molecule has 2 heterocycles. The molecule has 0 bridgehead atoms. The molecule has 1 aliphatic heterocycles. The highest BCUT2D eigenvalue weighted by Crippen LogP contribution is 2.32. The average molecular weight is 440 g/mol. The molecule has 5 rings (SSSR count). The van der Waals surface area contributed by atoms with E-state index in [2.05, 4.69) is 10.3 Å². The maximum absolute atomic E-state index is 12.9. The van der Waals surface area contributed by atoms with Crippen LogP contribution in [0.1, 0.15) is 63.2 Å². The first-order valence-corrected chi connectivity index (χ1v) is 11.1. The van der Waals surface area contributed by atoms with E-state index in [0.717, 1.165) is 42.3 Å². The quantitative estimate of drug-likeness (QED) is 0.573. The molecule has 1 fully saturated rings. The predicted octanol–water partition coefficient (Wildman–Crippen LogP) is 5.13. The Balaban J connectivity index is 1.39. The SMILES string of the molecule is O=C(Nc1nc2ccc(Cl)cc2s1)c1ccc2c(c1)C(=O)N(C1CCCCC1)C2=O. The number of rotatable bonds is 3. The number of imide groups is 1. The Morgan fingerprint density at radius 2 is 1.80 bits per heavy atom. The van der Waals surface area contributed by atoms with Crippen molar-refractivity contribution in [2.75, 3.05) is 5.32 Å². The van der Waals surface area contributed by atoms with Gasteiger partial charge in [0.15, 0.2) is 5.13 Å². The smallest absolute Gasteiger partial charge is 0.261 e. The van der Waals surface area contributed by atoms with E-state index in [0.29, 0.717) is 26.8 Å². The number of benzene rings is 2. The van der Waals surface area contributed by atoms with Gasteiger partial charge in [-0.3, -0.25) is 24.6 Å². The molecule has 0 spiro atoms. The molecule has 0 atom stereocenters. The molecule has 30 heavy (non-hydrogen) atoms. The molecule has 3 aromatic rings. The summed E-state index contributed by atoms with van der Waals surface area (Å²) in [7, 11) is 0. The van der Waals surface area contributed by atoms with Crippen molar-refractivity contribution in [2.24, 2.45) is 0 Å². The molecular weight excluding hydrogens is 422 g/mol. The number of halogens is 1. The Kier molecular flexibility index (Phi) is 4.79. The zero-order valence-corrected chi connectivity index (χ0v) is 17.6. The van der Waals surface area contributed by atoms with E-state index in [1.54, 1.807) is 30.3 Å². The van der Waals surface area contributed by atoms with Crippen LogP contribution in [0.4, 0.5) is 5.13 Å². The van der Waals surface area contributed by atoms with Crippen LogP contribution in [0.3, 0.4) is 0 Å². The normalized spacial score (nSPS) is 16.9. The van der Waals surface area contributed by atoms with Crippen molar-refractivity contribution in [1.82, 2.24) is 9.88 Å². The molecule has 3 amide bonds. The van der Waals surface area contributed by atoms with Gasteiger partial charge in [-0.1, -0.05) is 42.2 Å². The van der Waals surface area contributed by atoms with Gasteiger partial charge in [0.25, 0.3) is 17.7 Å². The molecule has 0 unspecified atom stereocenters. The van der Waals surface area contributed by atoms with E-state index in [9.17, 15) is 14.4 Å². The lowest BCUT2D eigenvalue weighted by molar-refractivity contribution is 0.0549. The van der Waals surface area contributed by atoms with Gasteiger partial charge < -0.3 is 0 Å². The van der Waals surface area contributed by atoms with Crippen LogP contribution < -0.4 is 5.32 Å². The van der Waals surface area contributed by atoms with Gasteiger partial charge in [-0.15, -0.1) is 0 Å². The fourth-order valence-corrected chi connectivity index (χ4v) is 5.33. The Labute approximate surface area is 181 Å². The van der Waals surface area contributed by atoms with E-state index in [1.807, 2.05) is 0 Å². The lowest BCUT2D eigenvalue weighted by atomic mass is 9.94. The summed E-state index contributed by atoms with van der Waals surface area (Å²) >= 11 is 7.33. The molecule has 152 valence electrons. The fourth-order valence-electron chi connectivity index (χ4n) is 4.19. The number of nitrogens with one attached hydrogen (secondary N) is 1. The summed E-state index contributed by atoms with van der Waals surface area (Å²) in [5, 5.41) is 3.83. The number of nitrogens with zero attached hydrogens (tertiary/aromatic N) is 2. The molecule has 0 radical (unpaired) electrons. The Morgan fingerprint density at radius 3 is 2.60 bits per heavy atom. The first-order valence-electron chi connectivity index (χ1n) is 9.90. The van der Waals surface area contributed by atoms with Gasteiger partial charge in [0.1, 0.15) is 0 Å². The van der Waals surface area contributed by atoms with Crippen LogP contribution in [0.15, 0.2) is 36.4 Å². The number of carbonyl (C=O) groups is 3. The van der Waals surface area contributed by atoms with Crippen molar-refractivity contribution in [3.8, 4) is 0 Å². The lowest BCUT2D eigenvalue weighted by Gasteiger charge is -2.29. The van der Waals surface area contributed by atoms with Crippen LogP contribution in [-0.4, -0.2) is 33.6 Å². The molecule has 1 saturated carbocycles. The van der Waals surface area contributed by atoms with Crippen LogP contribution in [0, 0.1) is 0 Å². The Hall–Kier alpha value is -2.77. The van der Waals surface area contributed by atoms with Crippen LogP contribution in [0.25, 0.3) is 10.2 Å². The lowest BCUT2D eigenvalue weighted by Crippen LogP contribution is -2.40. The molecule has 6 nitrogen and oxygen atoms in total. The van der Waals surface area contributed by atoms with Crippen LogP contribution in [-0.2, 0) is 0 Å².